The molecule has 1 atom stereocenters. The molecule has 1 unspecified atom stereocenters. The fraction of sp³-hybridized carbons (Fsp3) is 0.333. The Kier molecular flexibility index (Phi) is 3.86. The van der Waals surface area contributed by atoms with Crippen LogP contribution >= 0.6 is 0 Å². The molecule has 104 valence electrons. The largest absolute Gasteiger partial charge is 0.326 e. The van der Waals surface area contributed by atoms with Crippen molar-refractivity contribution in [1.29, 1.82) is 0 Å². The van der Waals surface area contributed by atoms with Crippen molar-refractivity contribution in [2.45, 2.75) is 25.4 Å². The van der Waals surface area contributed by atoms with Crippen LogP contribution in [0.1, 0.15) is 28.2 Å². The molecular formula is C18H22N2. The molecule has 0 spiro atoms. The number of benzene rings is 2. The molecule has 3 rings (SSSR count). The number of nitrogens with zero attached hydrogens (tertiary/aromatic N) is 1. The lowest BCUT2D eigenvalue weighted by Crippen LogP contribution is -2.30. The molecule has 2 heteroatoms. The summed E-state index contributed by atoms with van der Waals surface area (Å²) in [6.07, 6.45) is 1.22. The predicted octanol–water partition coefficient (Wildman–Crippen LogP) is 2.92. The van der Waals surface area contributed by atoms with Crippen LogP contribution in [0.4, 0.5) is 0 Å². The summed E-state index contributed by atoms with van der Waals surface area (Å²) in [7, 11) is 2.20. The molecule has 2 aromatic carbocycles. The molecule has 1 aliphatic rings. The Morgan fingerprint density at radius 1 is 1.05 bits per heavy atom. The highest BCUT2D eigenvalue weighted by Gasteiger charge is 2.26. The molecule has 2 aromatic rings. The van der Waals surface area contributed by atoms with E-state index in [9.17, 15) is 0 Å². The van der Waals surface area contributed by atoms with Crippen molar-refractivity contribution in [2.75, 3.05) is 13.6 Å². The van der Waals surface area contributed by atoms with Crippen molar-refractivity contribution in [3.8, 4) is 0 Å². The van der Waals surface area contributed by atoms with Gasteiger partial charge in [-0.25, -0.2) is 0 Å². The quantitative estimate of drug-likeness (QED) is 0.901. The van der Waals surface area contributed by atoms with Gasteiger partial charge in [-0.05, 0) is 35.7 Å². The van der Waals surface area contributed by atoms with Gasteiger partial charge in [0.1, 0.15) is 0 Å². The standard InChI is InChI=1S/C18H22N2/c1-20(12-16-8-3-2-7-15(16)11-19)13-17-10-14-6-4-5-9-18(14)17/h2-9,17H,10-13,19H2,1H3. The van der Waals surface area contributed by atoms with Gasteiger partial charge in [0.2, 0.25) is 0 Å². The normalized spacial score (nSPS) is 16.9. The molecule has 2 N–H and O–H groups in total. The van der Waals surface area contributed by atoms with E-state index in [2.05, 4.69) is 60.5 Å². The molecule has 2 nitrogen and oxygen atoms in total. The summed E-state index contributed by atoms with van der Waals surface area (Å²) in [6, 6.07) is 17.3. The first-order valence-corrected chi connectivity index (χ1v) is 7.31. The second-order valence-electron chi connectivity index (χ2n) is 5.77. The Morgan fingerprint density at radius 2 is 1.75 bits per heavy atom. The van der Waals surface area contributed by atoms with Gasteiger partial charge in [0.15, 0.2) is 0 Å². The van der Waals surface area contributed by atoms with Crippen LogP contribution in [0.3, 0.4) is 0 Å². The van der Waals surface area contributed by atoms with E-state index < -0.39 is 0 Å². The van der Waals surface area contributed by atoms with Crippen LogP contribution in [0.15, 0.2) is 48.5 Å². The zero-order chi connectivity index (χ0) is 13.9. The van der Waals surface area contributed by atoms with E-state index in [0.717, 1.165) is 13.1 Å². The number of hydrogen-bond acceptors (Lipinski definition) is 2. The van der Waals surface area contributed by atoms with Crippen molar-refractivity contribution >= 4 is 0 Å². The van der Waals surface area contributed by atoms with E-state index >= 15 is 0 Å². The maximum Gasteiger partial charge on any atom is 0.0234 e. The Morgan fingerprint density at radius 3 is 2.50 bits per heavy atom. The average Bonchev–Trinajstić information content (AvgIpc) is 2.45. The van der Waals surface area contributed by atoms with Gasteiger partial charge in [-0.1, -0.05) is 48.5 Å². The lowest BCUT2D eigenvalue weighted by molar-refractivity contribution is 0.291. The first-order chi connectivity index (χ1) is 9.78. The van der Waals surface area contributed by atoms with Crippen molar-refractivity contribution in [3.63, 3.8) is 0 Å². The summed E-state index contributed by atoms with van der Waals surface area (Å²) in [5.74, 6) is 0.696. The third kappa shape index (κ3) is 2.62. The van der Waals surface area contributed by atoms with E-state index in [-0.39, 0.29) is 0 Å². The molecule has 0 amide bonds. The van der Waals surface area contributed by atoms with Crippen LogP contribution in [0, 0.1) is 0 Å². The summed E-state index contributed by atoms with van der Waals surface area (Å²) in [5.41, 5.74) is 11.5. The van der Waals surface area contributed by atoms with E-state index in [0.29, 0.717) is 12.5 Å². The minimum atomic E-state index is 0.621. The van der Waals surface area contributed by atoms with Crippen LogP contribution < -0.4 is 5.73 Å². The van der Waals surface area contributed by atoms with Crippen LogP contribution in [-0.2, 0) is 19.5 Å². The van der Waals surface area contributed by atoms with Crippen molar-refractivity contribution in [3.05, 3.63) is 70.8 Å². The van der Waals surface area contributed by atoms with Gasteiger partial charge in [0.05, 0.1) is 0 Å². The minimum Gasteiger partial charge on any atom is -0.326 e. The number of hydrogen-bond donors (Lipinski definition) is 1. The summed E-state index contributed by atoms with van der Waals surface area (Å²) in [5, 5.41) is 0. The molecule has 20 heavy (non-hydrogen) atoms. The molecule has 0 heterocycles. The van der Waals surface area contributed by atoms with Crippen LogP contribution in [0.25, 0.3) is 0 Å². The number of likely N-dealkylation sites (N-methyl/N-ethyl adjacent to an activating group) is 1. The zero-order valence-corrected chi connectivity index (χ0v) is 12.0. The van der Waals surface area contributed by atoms with Gasteiger partial charge in [-0.15, -0.1) is 0 Å². The lowest BCUT2D eigenvalue weighted by Gasteiger charge is -2.33. The third-order valence-corrected chi connectivity index (χ3v) is 4.27. The number of fused-ring (bicyclic) bond motifs is 1. The van der Waals surface area contributed by atoms with Crippen molar-refractivity contribution in [2.24, 2.45) is 5.73 Å². The molecule has 0 fully saturated rings. The molecule has 0 saturated heterocycles. The molecule has 0 saturated carbocycles. The molecule has 0 bridgehead atoms. The highest BCUT2D eigenvalue weighted by Crippen LogP contribution is 2.35. The van der Waals surface area contributed by atoms with Gasteiger partial charge in [0, 0.05) is 25.6 Å². The molecule has 0 radical (unpaired) electrons. The van der Waals surface area contributed by atoms with Gasteiger partial charge < -0.3 is 10.6 Å². The maximum absolute atomic E-state index is 5.81. The average molecular weight is 266 g/mol. The van der Waals surface area contributed by atoms with Gasteiger partial charge in [-0.3, -0.25) is 0 Å². The minimum absolute atomic E-state index is 0.621. The topological polar surface area (TPSA) is 29.3 Å². The van der Waals surface area contributed by atoms with Crippen LogP contribution in [0.5, 0.6) is 0 Å². The third-order valence-electron chi connectivity index (χ3n) is 4.27. The fourth-order valence-corrected chi connectivity index (χ4v) is 3.17. The smallest absolute Gasteiger partial charge is 0.0234 e. The highest BCUT2D eigenvalue weighted by molar-refractivity contribution is 5.40. The first-order valence-electron chi connectivity index (χ1n) is 7.31. The van der Waals surface area contributed by atoms with Gasteiger partial charge in [-0.2, -0.15) is 0 Å². The van der Waals surface area contributed by atoms with Gasteiger partial charge >= 0.3 is 0 Å². The lowest BCUT2D eigenvalue weighted by atomic mass is 9.77. The SMILES string of the molecule is CN(Cc1ccccc1CN)CC1Cc2ccccc21. The second kappa shape index (κ2) is 5.78. The first kappa shape index (κ1) is 13.3. The Hall–Kier alpha value is -1.64. The molecule has 0 aromatic heterocycles. The zero-order valence-electron chi connectivity index (χ0n) is 12.0. The van der Waals surface area contributed by atoms with Crippen molar-refractivity contribution in [1.82, 2.24) is 4.90 Å². The van der Waals surface area contributed by atoms with E-state index in [1.54, 1.807) is 0 Å². The predicted molar refractivity (Wildman–Crippen MR) is 83.6 cm³/mol. The fourth-order valence-electron chi connectivity index (χ4n) is 3.17. The highest BCUT2D eigenvalue weighted by atomic mass is 15.1. The maximum atomic E-state index is 5.81. The van der Waals surface area contributed by atoms with Gasteiger partial charge in [0.25, 0.3) is 0 Å². The summed E-state index contributed by atoms with van der Waals surface area (Å²) >= 11 is 0. The monoisotopic (exact) mass is 266 g/mol. The Labute approximate surface area is 121 Å². The molecule has 1 aliphatic carbocycles. The van der Waals surface area contributed by atoms with Crippen LogP contribution in [0.2, 0.25) is 0 Å². The van der Waals surface area contributed by atoms with Crippen molar-refractivity contribution < 1.29 is 0 Å². The molecular weight excluding hydrogens is 244 g/mol. The van der Waals surface area contributed by atoms with E-state index in [1.807, 2.05) is 0 Å². The number of rotatable bonds is 5. The molecule has 0 aliphatic heterocycles. The van der Waals surface area contributed by atoms with Crippen LogP contribution in [-0.4, -0.2) is 18.5 Å². The Bertz CT molecular complexity index is 591. The van der Waals surface area contributed by atoms with E-state index in [4.69, 9.17) is 5.73 Å². The Balaban J connectivity index is 1.62. The number of nitrogens with two attached hydrogens (primary N) is 1. The second-order valence-corrected chi connectivity index (χ2v) is 5.77. The summed E-state index contributed by atoms with van der Waals surface area (Å²) < 4.78 is 0. The summed E-state index contributed by atoms with van der Waals surface area (Å²) in [4.78, 5) is 2.41. The summed E-state index contributed by atoms with van der Waals surface area (Å²) in [6.45, 7) is 2.72. The van der Waals surface area contributed by atoms with E-state index in [1.165, 1.54) is 28.7 Å².